The first-order valence-electron chi connectivity index (χ1n) is 8.07. The van der Waals surface area contributed by atoms with Crippen molar-refractivity contribution in [2.24, 2.45) is 0 Å². The summed E-state index contributed by atoms with van der Waals surface area (Å²) >= 11 is 0. The lowest BCUT2D eigenvalue weighted by Gasteiger charge is -2.23. The number of allylic oxidation sites excluding steroid dienone is 2. The van der Waals surface area contributed by atoms with Gasteiger partial charge in [0.25, 0.3) is 0 Å². The SMILES string of the molecule is CC/C=C/CCCCCCCC(=O)OCC[N+](C)(C)C. The number of unbranched alkanes of at least 4 members (excludes halogenated alkanes) is 5. The Morgan fingerprint density at radius 2 is 1.65 bits per heavy atom. The van der Waals surface area contributed by atoms with E-state index >= 15 is 0 Å². The van der Waals surface area contributed by atoms with Crippen LogP contribution >= 0.6 is 0 Å². The lowest BCUT2D eigenvalue weighted by molar-refractivity contribution is -0.870. The van der Waals surface area contributed by atoms with Gasteiger partial charge in [0.1, 0.15) is 13.2 Å². The summed E-state index contributed by atoms with van der Waals surface area (Å²) < 4.78 is 6.06. The van der Waals surface area contributed by atoms with Crippen molar-refractivity contribution in [1.82, 2.24) is 0 Å². The first-order chi connectivity index (χ1) is 9.45. The minimum atomic E-state index is -0.0377. The zero-order valence-electron chi connectivity index (χ0n) is 14.0. The second-order valence-corrected chi connectivity index (χ2v) is 6.42. The maximum Gasteiger partial charge on any atom is 0.305 e. The van der Waals surface area contributed by atoms with Crippen LogP contribution in [0.3, 0.4) is 0 Å². The second-order valence-electron chi connectivity index (χ2n) is 6.42. The lowest BCUT2D eigenvalue weighted by Crippen LogP contribution is -2.37. The molecule has 3 heteroatoms. The highest BCUT2D eigenvalue weighted by Gasteiger charge is 2.08. The van der Waals surface area contributed by atoms with Crippen LogP contribution in [-0.2, 0) is 9.53 Å². The van der Waals surface area contributed by atoms with Gasteiger partial charge in [-0.05, 0) is 25.7 Å². The summed E-state index contributed by atoms with van der Waals surface area (Å²) in [5.74, 6) is -0.0377. The van der Waals surface area contributed by atoms with E-state index in [9.17, 15) is 4.79 Å². The van der Waals surface area contributed by atoms with E-state index in [1.54, 1.807) is 0 Å². The molecule has 0 bridgehead atoms. The highest BCUT2D eigenvalue weighted by molar-refractivity contribution is 5.69. The van der Waals surface area contributed by atoms with Crippen molar-refractivity contribution < 1.29 is 14.0 Å². The Hall–Kier alpha value is -0.830. The third kappa shape index (κ3) is 15.2. The van der Waals surface area contributed by atoms with Crippen molar-refractivity contribution in [3.05, 3.63) is 12.2 Å². The first kappa shape index (κ1) is 19.2. The molecule has 118 valence electrons. The molecule has 0 saturated carbocycles. The lowest BCUT2D eigenvalue weighted by atomic mass is 10.1. The molecule has 0 saturated heterocycles. The molecule has 0 radical (unpaired) electrons. The van der Waals surface area contributed by atoms with E-state index in [2.05, 4.69) is 40.2 Å². The molecule has 0 atom stereocenters. The molecule has 0 N–H and O–H groups in total. The number of quaternary nitrogens is 1. The van der Waals surface area contributed by atoms with Crippen LogP contribution in [0.4, 0.5) is 0 Å². The number of nitrogens with zero attached hydrogens (tertiary/aromatic N) is 1. The van der Waals surface area contributed by atoms with Gasteiger partial charge in [0.15, 0.2) is 0 Å². The van der Waals surface area contributed by atoms with Crippen LogP contribution in [0.1, 0.15) is 58.3 Å². The number of carbonyl (C=O) groups excluding carboxylic acids is 1. The topological polar surface area (TPSA) is 26.3 Å². The monoisotopic (exact) mass is 284 g/mol. The number of hydrogen-bond donors (Lipinski definition) is 0. The van der Waals surface area contributed by atoms with Crippen LogP contribution in [0.15, 0.2) is 12.2 Å². The fourth-order valence-corrected chi connectivity index (χ4v) is 1.85. The van der Waals surface area contributed by atoms with E-state index in [1.807, 2.05) is 0 Å². The molecular weight excluding hydrogens is 250 g/mol. The molecule has 0 aromatic rings. The van der Waals surface area contributed by atoms with Gasteiger partial charge in [-0.3, -0.25) is 4.79 Å². The third-order valence-corrected chi connectivity index (χ3v) is 3.18. The van der Waals surface area contributed by atoms with E-state index in [1.165, 1.54) is 25.7 Å². The molecule has 0 unspecified atom stereocenters. The fourth-order valence-electron chi connectivity index (χ4n) is 1.85. The van der Waals surface area contributed by atoms with E-state index in [0.717, 1.165) is 30.3 Å². The number of ether oxygens (including phenoxy) is 1. The zero-order valence-corrected chi connectivity index (χ0v) is 14.0. The van der Waals surface area contributed by atoms with E-state index < -0.39 is 0 Å². The Morgan fingerprint density at radius 1 is 1.00 bits per heavy atom. The van der Waals surface area contributed by atoms with Gasteiger partial charge in [0.2, 0.25) is 0 Å². The van der Waals surface area contributed by atoms with Crippen molar-refractivity contribution in [3.63, 3.8) is 0 Å². The summed E-state index contributed by atoms with van der Waals surface area (Å²) in [6, 6.07) is 0. The molecule has 0 heterocycles. The van der Waals surface area contributed by atoms with Gasteiger partial charge in [0, 0.05) is 6.42 Å². The van der Waals surface area contributed by atoms with Gasteiger partial charge < -0.3 is 9.22 Å². The zero-order chi connectivity index (χ0) is 15.3. The van der Waals surface area contributed by atoms with Gasteiger partial charge in [-0.1, -0.05) is 38.3 Å². The number of carbonyl (C=O) groups is 1. The predicted molar refractivity (Wildman–Crippen MR) is 85.6 cm³/mol. The summed E-state index contributed by atoms with van der Waals surface area (Å²) in [5, 5.41) is 0. The van der Waals surface area contributed by atoms with Crippen molar-refractivity contribution >= 4 is 5.97 Å². The molecule has 0 spiro atoms. The average molecular weight is 284 g/mol. The van der Waals surface area contributed by atoms with Crippen LogP contribution in [0.2, 0.25) is 0 Å². The van der Waals surface area contributed by atoms with Crippen molar-refractivity contribution in [3.8, 4) is 0 Å². The summed E-state index contributed by atoms with van der Waals surface area (Å²) in [6.07, 6.45) is 13.3. The largest absolute Gasteiger partial charge is 0.460 e. The molecule has 0 aromatic heterocycles. The number of likely N-dealkylation sites (N-methyl/N-ethyl adjacent to an activating group) is 1. The molecule has 3 nitrogen and oxygen atoms in total. The molecule has 20 heavy (non-hydrogen) atoms. The Kier molecular flexibility index (Phi) is 11.5. The molecular formula is C17H34NO2+. The molecule has 0 aromatic carbocycles. The molecule has 0 rings (SSSR count). The van der Waals surface area contributed by atoms with Gasteiger partial charge >= 0.3 is 5.97 Å². The average Bonchev–Trinajstić information content (AvgIpc) is 2.35. The second kappa shape index (κ2) is 12.0. The summed E-state index contributed by atoms with van der Waals surface area (Å²) in [4.78, 5) is 11.5. The van der Waals surface area contributed by atoms with Crippen LogP contribution in [-0.4, -0.2) is 44.7 Å². The number of esters is 1. The van der Waals surface area contributed by atoms with E-state index in [-0.39, 0.29) is 5.97 Å². The minimum Gasteiger partial charge on any atom is -0.460 e. The van der Waals surface area contributed by atoms with Gasteiger partial charge in [0.05, 0.1) is 21.1 Å². The first-order valence-corrected chi connectivity index (χ1v) is 8.07. The highest BCUT2D eigenvalue weighted by Crippen LogP contribution is 2.08. The summed E-state index contributed by atoms with van der Waals surface area (Å²) in [5.41, 5.74) is 0. The summed E-state index contributed by atoms with van der Waals surface area (Å²) in [7, 11) is 6.30. The molecule has 0 aliphatic heterocycles. The van der Waals surface area contributed by atoms with Crippen molar-refractivity contribution in [2.75, 3.05) is 34.3 Å². The third-order valence-electron chi connectivity index (χ3n) is 3.18. The van der Waals surface area contributed by atoms with Crippen LogP contribution in [0, 0.1) is 0 Å². The fraction of sp³-hybridized carbons (Fsp3) is 0.824. The Morgan fingerprint density at radius 3 is 2.30 bits per heavy atom. The van der Waals surface area contributed by atoms with Crippen LogP contribution < -0.4 is 0 Å². The maximum absolute atomic E-state index is 11.5. The smallest absolute Gasteiger partial charge is 0.305 e. The summed E-state index contributed by atoms with van der Waals surface area (Å²) in [6.45, 7) is 3.57. The van der Waals surface area contributed by atoms with Gasteiger partial charge in [-0.25, -0.2) is 0 Å². The Balaban J connectivity index is 3.29. The Labute approximate surface area is 125 Å². The predicted octanol–water partition coefficient (Wildman–Crippen LogP) is 3.93. The highest BCUT2D eigenvalue weighted by atomic mass is 16.5. The van der Waals surface area contributed by atoms with Crippen molar-refractivity contribution in [2.45, 2.75) is 58.3 Å². The van der Waals surface area contributed by atoms with Gasteiger partial charge in [-0.15, -0.1) is 0 Å². The molecule has 0 aliphatic rings. The van der Waals surface area contributed by atoms with Gasteiger partial charge in [-0.2, -0.15) is 0 Å². The molecule has 0 fully saturated rings. The van der Waals surface area contributed by atoms with Crippen LogP contribution in [0.5, 0.6) is 0 Å². The van der Waals surface area contributed by atoms with Crippen LogP contribution in [0.25, 0.3) is 0 Å². The van der Waals surface area contributed by atoms with Crippen molar-refractivity contribution in [1.29, 1.82) is 0 Å². The number of rotatable bonds is 12. The molecule has 0 aliphatic carbocycles. The van der Waals surface area contributed by atoms with E-state index in [4.69, 9.17) is 4.74 Å². The standard InChI is InChI=1S/C17H34NO2/c1-5-6-7-8-9-10-11-12-13-14-17(19)20-16-15-18(2,3)4/h6-7H,5,8-16H2,1-4H3/q+1/b7-6+. The maximum atomic E-state index is 11.5. The normalized spacial score (nSPS) is 12.0. The van der Waals surface area contributed by atoms with E-state index in [0.29, 0.717) is 13.0 Å². The quantitative estimate of drug-likeness (QED) is 0.235. The number of hydrogen-bond acceptors (Lipinski definition) is 2. The molecule has 0 amide bonds. The minimum absolute atomic E-state index is 0.0377. The Bertz CT molecular complexity index is 267.